The summed E-state index contributed by atoms with van der Waals surface area (Å²) >= 11 is 3.31. The van der Waals surface area contributed by atoms with Crippen LogP contribution in [0.25, 0.3) is 20.9 Å². The number of rotatable bonds is 3. The molecule has 1 amide bonds. The third-order valence-corrected chi connectivity index (χ3v) is 6.57. The maximum Gasteiger partial charge on any atom is 0.240 e. The van der Waals surface area contributed by atoms with Gasteiger partial charge in [0.1, 0.15) is 16.7 Å². The van der Waals surface area contributed by atoms with E-state index in [4.69, 9.17) is 15.7 Å². The Morgan fingerprint density at radius 2 is 2.21 bits per heavy atom. The minimum Gasteiger partial charge on any atom is -0.368 e. The Bertz CT molecular complexity index is 916. The molecule has 0 radical (unpaired) electrons. The lowest BCUT2D eigenvalue weighted by Crippen LogP contribution is -2.40. The normalized spacial score (nSPS) is 17.8. The smallest absolute Gasteiger partial charge is 0.240 e. The number of hydrogen-bond donors (Lipinski definition) is 1. The summed E-state index contributed by atoms with van der Waals surface area (Å²) in [6.07, 6.45) is 1.74. The number of thiophene rings is 2. The van der Waals surface area contributed by atoms with Crippen LogP contribution in [0.4, 0.5) is 5.82 Å². The van der Waals surface area contributed by atoms with E-state index in [1.165, 1.54) is 10.4 Å². The van der Waals surface area contributed by atoms with Crippen molar-refractivity contribution < 1.29 is 4.79 Å². The van der Waals surface area contributed by atoms with Crippen LogP contribution in [-0.2, 0) is 4.79 Å². The summed E-state index contributed by atoms with van der Waals surface area (Å²) in [5.41, 5.74) is 6.82. The molecule has 0 spiro atoms. The van der Waals surface area contributed by atoms with E-state index in [1.54, 1.807) is 22.7 Å². The quantitative estimate of drug-likeness (QED) is 0.778. The number of primary amides is 1. The first-order valence-electron chi connectivity index (χ1n) is 7.94. The van der Waals surface area contributed by atoms with Crippen molar-refractivity contribution >= 4 is 44.6 Å². The molecule has 3 aromatic rings. The average molecular weight is 358 g/mol. The highest BCUT2D eigenvalue weighted by Gasteiger charge is 2.32. The number of carbonyl (C=O) groups excluding carboxylic acids is 1. The first kappa shape index (κ1) is 15.5. The number of nitrogens with two attached hydrogens (primary N) is 1. The molecule has 1 fully saturated rings. The lowest BCUT2D eigenvalue weighted by molar-refractivity contribution is -0.119. The van der Waals surface area contributed by atoms with Gasteiger partial charge in [-0.2, -0.15) is 0 Å². The van der Waals surface area contributed by atoms with E-state index in [1.807, 2.05) is 17.5 Å². The summed E-state index contributed by atoms with van der Waals surface area (Å²) in [5, 5.41) is 3.08. The van der Waals surface area contributed by atoms with Crippen molar-refractivity contribution in [2.45, 2.75) is 32.7 Å². The van der Waals surface area contributed by atoms with Crippen LogP contribution in [-0.4, -0.2) is 28.5 Å². The first-order valence-corrected chi connectivity index (χ1v) is 9.63. The van der Waals surface area contributed by atoms with Crippen molar-refractivity contribution in [2.75, 3.05) is 11.4 Å². The SMILES string of the molecule is Cc1sc2nc(-c3cccs3)nc(N3CCC[C@H]3C(N)=O)c2c1C. The molecule has 1 saturated heterocycles. The summed E-state index contributed by atoms with van der Waals surface area (Å²) in [6, 6.07) is 3.75. The Hall–Kier alpha value is -1.99. The van der Waals surface area contributed by atoms with Gasteiger partial charge in [-0.05, 0) is 43.7 Å². The molecule has 2 N–H and O–H groups in total. The van der Waals surface area contributed by atoms with Crippen LogP contribution in [0.15, 0.2) is 17.5 Å². The molecule has 3 aromatic heterocycles. The maximum atomic E-state index is 11.9. The molecule has 4 heterocycles. The van der Waals surface area contributed by atoms with Crippen molar-refractivity contribution in [1.82, 2.24) is 9.97 Å². The van der Waals surface area contributed by atoms with Gasteiger partial charge < -0.3 is 10.6 Å². The summed E-state index contributed by atoms with van der Waals surface area (Å²) in [6.45, 7) is 5.00. The third kappa shape index (κ3) is 2.39. The highest BCUT2D eigenvalue weighted by Crippen LogP contribution is 2.39. The highest BCUT2D eigenvalue weighted by molar-refractivity contribution is 7.19. The first-order chi connectivity index (χ1) is 11.6. The lowest BCUT2D eigenvalue weighted by atomic mass is 10.1. The molecule has 4 rings (SSSR count). The number of amides is 1. The van der Waals surface area contributed by atoms with Crippen molar-refractivity contribution in [2.24, 2.45) is 5.73 Å². The molecule has 0 saturated carbocycles. The molecule has 24 heavy (non-hydrogen) atoms. The number of anilines is 1. The topological polar surface area (TPSA) is 72.1 Å². The second-order valence-electron chi connectivity index (χ2n) is 6.07. The summed E-state index contributed by atoms with van der Waals surface area (Å²) < 4.78 is 0. The van der Waals surface area contributed by atoms with E-state index < -0.39 is 0 Å². The standard InChI is InChI=1S/C17H18N4OS2/c1-9-10(2)24-17-13(9)16(21-7-3-5-11(21)14(18)22)19-15(20-17)12-6-4-8-23-12/h4,6,8,11H,3,5,7H2,1-2H3,(H2,18,22)/t11-/m0/s1. The van der Waals surface area contributed by atoms with Crippen LogP contribution < -0.4 is 10.6 Å². The van der Waals surface area contributed by atoms with Crippen molar-refractivity contribution in [3.8, 4) is 10.7 Å². The molecule has 0 bridgehead atoms. The van der Waals surface area contributed by atoms with Gasteiger partial charge in [0.25, 0.3) is 0 Å². The number of nitrogens with zero attached hydrogens (tertiary/aromatic N) is 3. The fraction of sp³-hybridized carbons (Fsp3) is 0.353. The molecule has 1 aliphatic heterocycles. The van der Waals surface area contributed by atoms with Gasteiger partial charge in [0.05, 0.1) is 10.3 Å². The van der Waals surface area contributed by atoms with Gasteiger partial charge in [0.15, 0.2) is 5.82 Å². The predicted octanol–water partition coefficient (Wildman–Crippen LogP) is 3.49. The van der Waals surface area contributed by atoms with E-state index in [9.17, 15) is 4.79 Å². The third-order valence-electron chi connectivity index (χ3n) is 4.60. The largest absolute Gasteiger partial charge is 0.368 e. The Morgan fingerprint density at radius 1 is 1.38 bits per heavy atom. The van der Waals surface area contributed by atoms with Crippen LogP contribution in [0.2, 0.25) is 0 Å². The molecule has 5 nitrogen and oxygen atoms in total. The minimum absolute atomic E-state index is 0.276. The van der Waals surface area contributed by atoms with Gasteiger partial charge in [-0.1, -0.05) is 6.07 Å². The maximum absolute atomic E-state index is 11.9. The average Bonchev–Trinajstić information content (AvgIpc) is 3.28. The molecular weight excluding hydrogens is 340 g/mol. The van der Waals surface area contributed by atoms with Gasteiger partial charge >= 0.3 is 0 Å². The van der Waals surface area contributed by atoms with Gasteiger partial charge in [0, 0.05) is 11.4 Å². The molecule has 0 aliphatic carbocycles. The van der Waals surface area contributed by atoms with E-state index in [2.05, 4.69) is 18.7 Å². The van der Waals surface area contributed by atoms with Crippen molar-refractivity contribution in [3.05, 3.63) is 28.0 Å². The fourth-order valence-electron chi connectivity index (χ4n) is 3.27. The van der Waals surface area contributed by atoms with E-state index in [-0.39, 0.29) is 11.9 Å². The number of aryl methyl sites for hydroxylation is 2. The number of carbonyl (C=O) groups is 1. The Morgan fingerprint density at radius 3 is 2.92 bits per heavy atom. The molecule has 124 valence electrons. The van der Waals surface area contributed by atoms with Crippen molar-refractivity contribution in [1.29, 1.82) is 0 Å². The molecule has 1 atom stereocenters. The van der Waals surface area contributed by atoms with Crippen LogP contribution >= 0.6 is 22.7 Å². The highest BCUT2D eigenvalue weighted by atomic mass is 32.1. The van der Waals surface area contributed by atoms with Crippen LogP contribution in [0.1, 0.15) is 23.3 Å². The molecule has 0 unspecified atom stereocenters. The van der Waals surface area contributed by atoms with E-state index in [0.717, 1.165) is 46.1 Å². The number of fused-ring (bicyclic) bond motifs is 1. The van der Waals surface area contributed by atoms with Gasteiger partial charge in [-0.3, -0.25) is 4.79 Å². The summed E-state index contributed by atoms with van der Waals surface area (Å²) in [4.78, 5) is 26.8. The molecule has 7 heteroatoms. The Labute approximate surface area is 148 Å². The Balaban J connectivity index is 1.96. The van der Waals surface area contributed by atoms with Gasteiger partial charge in [-0.15, -0.1) is 22.7 Å². The van der Waals surface area contributed by atoms with Crippen LogP contribution in [0, 0.1) is 13.8 Å². The van der Waals surface area contributed by atoms with E-state index >= 15 is 0 Å². The second kappa shape index (κ2) is 5.82. The van der Waals surface area contributed by atoms with E-state index in [0.29, 0.717) is 0 Å². The fourth-order valence-corrected chi connectivity index (χ4v) is 4.95. The van der Waals surface area contributed by atoms with Crippen LogP contribution in [0.5, 0.6) is 0 Å². The molecular formula is C17H18N4OS2. The monoisotopic (exact) mass is 358 g/mol. The predicted molar refractivity (Wildman–Crippen MR) is 99.8 cm³/mol. The number of aromatic nitrogens is 2. The van der Waals surface area contributed by atoms with Crippen LogP contribution in [0.3, 0.4) is 0 Å². The summed E-state index contributed by atoms with van der Waals surface area (Å²) in [7, 11) is 0. The van der Waals surface area contributed by atoms with Gasteiger partial charge in [0.2, 0.25) is 5.91 Å². The molecule has 0 aromatic carbocycles. The Kier molecular flexibility index (Phi) is 3.77. The summed E-state index contributed by atoms with van der Waals surface area (Å²) in [5.74, 6) is 1.30. The zero-order valence-corrected chi connectivity index (χ0v) is 15.2. The number of hydrogen-bond acceptors (Lipinski definition) is 6. The van der Waals surface area contributed by atoms with Gasteiger partial charge in [-0.25, -0.2) is 9.97 Å². The zero-order valence-electron chi connectivity index (χ0n) is 13.6. The minimum atomic E-state index is -0.279. The van der Waals surface area contributed by atoms with Crippen molar-refractivity contribution in [3.63, 3.8) is 0 Å². The second-order valence-corrected chi connectivity index (χ2v) is 8.22. The zero-order chi connectivity index (χ0) is 16.8. The lowest BCUT2D eigenvalue weighted by Gasteiger charge is -2.24. The molecule has 1 aliphatic rings.